The molecule has 2 fully saturated rings. The Kier molecular flexibility index (Phi) is 17.0. The van der Waals surface area contributed by atoms with Gasteiger partial charge < -0.3 is 45.6 Å². The number of carbonyl (C=O) groups is 6. The highest BCUT2D eigenvalue weighted by Crippen LogP contribution is 2.33. The number of aliphatic hydroxyl groups is 2. The van der Waals surface area contributed by atoms with Crippen molar-refractivity contribution in [3.63, 3.8) is 0 Å². The summed E-state index contributed by atoms with van der Waals surface area (Å²) < 4.78 is 6.44. The lowest BCUT2D eigenvalue weighted by atomic mass is 10.1. The summed E-state index contributed by atoms with van der Waals surface area (Å²) in [4.78, 5) is 98.4. The van der Waals surface area contributed by atoms with E-state index < -0.39 is 77.9 Å². The molecule has 3 aliphatic rings. The molecule has 0 aliphatic carbocycles. The number of aliphatic hydroxyl groups excluding tert-OH is 2. The summed E-state index contributed by atoms with van der Waals surface area (Å²) in [7, 11) is 0. The number of β-amino-alcohol motifs (C(OH)–C–C–N with tert-alkyl or cyclic N) is 1. The number of hydrogen-bond acceptors (Lipinski definition) is 14. The fraction of sp³-hybridized carbons (Fsp3) is 0.434. The van der Waals surface area contributed by atoms with E-state index in [-0.39, 0.29) is 63.7 Å². The van der Waals surface area contributed by atoms with Crippen molar-refractivity contribution in [3.8, 4) is 26.6 Å². The van der Waals surface area contributed by atoms with E-state index >= 15 is 0 Å². The second-order valence-corrected chi connectivity index (χ2v) is 21.5. The van der Waals surface area contributed by atoms with Crippen LogP contribution in [0.3, 0.4) is 0 Å². The normalized spacial score (nSPS) is 19.7. The van der Waals surface area contributed by atoms with Gasteiger partial charge in [-0.25, -0.2) is 9.97 Å². The third-order valence-electron chi connectivity index (χ3n) is 13.6. The minimum absolute atomic E-state index is 0.0385. The fourth-order valence-corrected chi connectivity index (χ4v) is 11.5. The number of likely N-dealkylation sites (tertiary alicyclic amines) is 2. The molecule has 6 amide bonds. The van der Waals surface area contributed by atoms with Crippen molar-refractivity contribution in [3.05, 3.63) is 111 Å². The maximum Gasteiger partial charge on any atom is 0.255 e. The van der Waals surface area contributed by atoms with Gasteiger partial charge in [0.25, 0.3) is 5.91 Å². The van der Waals surface area contributed by atoms with Crippen molar-refractivity contribution < 1.29 is 43.7 Å². The molecule has 17 nitrogen and oxygen atoms in total. The number of aryl methyl sites for hydroxylation is 2. The van der Waals surface area contributed by atoms with Crippen molar-refractivity contribution in [2.75, 3.05) is 18.8 Å². The predicted octanol–water partition coefficient (Wildman–Crippen LogP) is 5.05. The van der Waals surface area contributed by atoms with Crippen LogP contribution in [0.1, 0.15) is 84.9 Å². The maximum atomic E-state index is 14.3. The second kappa shape index (κ2) is 23.3. The van der Waals surface area contributed by atoms with Gasteiger partial charge in [-0.15, -0.1) is 22.7 Å². The number of rotatable bonds is 19. The smallest absolute Gasteiger partial charge is 0.255 e. The summed E-state index contributed by atoms with van der Waals surface area (Å²) >= 11 is 7.60. The lowest BCUT2D eigenvalue weighted by Gasteiger charge is -2.32. The minimum atomic E-state index is -1.32. The number of nitrogens with zero attached hydrogens (tertiary/aromatic N) is 5. The van der Waals surface area contributed by atoms with E-state index in [2.05, 4.69) is 38.5 Å². The van der Waals surface area contributed by atoms with Crippen molar-refractivity contribution in [1.29, 1.82) is 0 Å². The molecule has 8 rings (SSSR count). The Morgan fingerprint density at radius 2 is 1.36 bits per heavy atom. The monoisotopic (exact) mass is 1050 g/mol. The average Bonchev–Trinajstić information content (AvgIpc) is 4.24. The van der Waals surface area contributed by atoms with Crippen molar-refractivity contribution in [2.45, 2.75) is 122 Å². The van der Waals surface area contributed by atoms with Crippen LogP contribution >= 0.6 is 35.3 Å². The van der Waals surface area contributed by atoms with E-state index in [0.717, 1.165) is 43.4 Å². The number of aromatic nitrogens is 2. The quantitative estimate of drug-likeness (QED) is 0.0601. The van der Waals surface area contributed by atoms with Crippen LogP contribution in [0.2, 0.25) is 0 Å². The standard InChI is InChI=1S/C53H62N8O9S3/c1-29(2)6-17-45(64)58-46(32(5)62)53(69)61-25-40(20-43(61)50(66)55-22-34-9-13-36(14-10-34)48-31(4)57-28-73-48)70-39-16-15-37-23-59(51(67)41(37)19-39)44(26-71)52(68)60-24-38(63)18-42(60)49(65)54-21-33-7-11-35(12-8-33)47-30(3)56-27-72-47/h7-16,19,27-29,32,38,40,42-44,46,62-63,71H,6,17-18,20-26H2,1-5H3,(H,54,65)(H,55,66)(H,58,64)/t32-,38+,40+,42-,43-,44-,46-/m0/s1. The van der Waals surface area contributed by atoms with E-state index in [4.69, 9.17) is 4.74 Å². The molecule has 5 aromatic rings. The molecule has 5 N–H and O–H groups in total. The number of ether oxygens (including phenoxy) is 1. The topological polar surface area (TPSA) is 224 Å². The molecule has 5 heterocycles. The highest BCUT2D eigenvalue weighted by molar-refractivity contribution is 7.80. The van der Waals surface area contributed by atoms with Crippen molar-refractivity contribution in [2.24, 2.45) is 5.92 Å². The van der Waals surface area contributed by atoms with E-state index in [1.807, 2.05) is 76.2 Å². The van der Waals surface area contributed by atoms with Crippen molar-refractivity contribution in [1.82, 2.24) is 40.6 Å². The zero-order chi connectivity index (χ0) is 52.1. The van der Waals surface area contributed by atoms with Gasteiger partial charge in [0.2, 0.25) is 29.5 Å². The first-order valence-corrected chi connectivity index (χ1v) is 26.9. The molecular formula is C53H62N8O9S3. The van der Waals surface area contributed by atoms with E-state index in [0.29, 0.717) is 23.3 Å². The van der Waals surface area contributed by atoms with Gasteiger partial charge in [0.1, 0.15) is 36.0 Å². The van der Waals surface area contributed by atoms with Gasteiger partial charge in [0, 0.05) is 56.8 Å². The first-order chi connectivity index (χ1) is 35.0. The van der Waals surface area contributed by atoms with Crippen LogP contribution in [0.5, 0.6) is 5.75 Å². The third kappa shape index (κ3) is 12.3. The zero-order valence-corrected chi connectivity index (χ0v) is 44.0. The van der Waals surface area contributed by atoms with Crippen LogP contribution in [0.25, 0.3) is 20.9 Å². The Balaban J connectivity index is 0.929. The molecule has 0 saturated carbocycles. The lowest BCUT2D eigenvalue weighted by molar-refractivity contribution is -0.144. The first kappa shape index (κ1) is 53.1. The van der Waals surface area contributed by atoms with Gasteiger partial charge in [0.15, 0.2) is 0 Å². The Morgan fingerprint density at radius 3 is 1.88 bits per heavy atom. The maximum absolute atomic E-state index is 14.3. The molecule has 73 heavy (non-hydrogen) atoms. The molecule has 2 aromatic heterocycles. The number of hydrogen-bond donors (Lipinski definition) is 6. The first-order valence-electron chi connectivity index (χ1n) is 24.5. The number of fused-ring (bicyclic) bond motifs is 1. The van der Waals surface area contributed by atoms with Crippen LogP contribution < -0.4 is 20.7 Å². The van der Waals surface area contributed by atoms with Crippen LogP contribution in [-0.2, 0) is 43.6 Å². The third-order valence-corrected chi connectivity index (χ3v) is 15.9. The summed E-state index contributed by atoms with van der Waals surface area (Å²) in [5.74, 6) is -2.37. The van der Waals surface area contributed by atoms with Gasteiger partial charge >= 0.3 is 0 Å². The van der Waals surface area contributed by atoms with Crippen LogP contribution in [-0.4, -0.2) is 132 Å². The molecule has 0 spiro atoms. The Bertz CT molecular complexity index is 2820. The van der Waals surface area contributed by atoms with Crippen LogP contribution in [0.15, 0.2) is 77.8 Å². The van der Waals surface area contributed by atoms with E-state index in [9.17, 15) is 39.0 Å². The Labute approximate surface area is 438 Å². The molecular weight excluding hydrogens is 989 g/mol. The number of thiol groups is 1. The molecule has 0 unspecified atom stereocenters. The van der Waals surface area contributed by atoms with E-state index in [1.54, 1.807) is 51.9 Å². The molecule has 0 radical (unpaired) electrons. The van der Waals surface area contributed by atoms with Gasteiger partial charge in [-0.3, -0.25) is 28.8 Å². The van der Waals surface area contributed by atoms with E-state index in [1.165, 1.54) is 21.6 Å². The molecule has 20 heteroatoms. The summed E-state index contributed by atoms with van der Waals surface area (Å²) in [5, 5.41) is 30.1. The number of thiazole rings is 2. The molecule has 3 aliphatic heterocycles. The van der Waals surface area contributed by atoms with Gasteiger partial charge in [-0.1, -0.05) is 68.4 Å². The Hall–Kier alpha value is -6.19. The highest BCUT2D eigenvalue weighted by Gasteiger charge is 2.46. The minimum Gasteiger partial charge on any atom is -0.488 e. The number of carbonyl (C=O) groups excluding carboxylic acids is 6. The molecule has 386 valence electrons. The fourth-order valence-electron chi connectivity index (χ4n) is 9.55. The van der Waals surface area contributed by atoms with Gasteiger partial charge in [-0.2, -0.15) is 12.6 Å². The summed E-state index contributed by atoms with van der Waals surface area (Å²) in [6, 6.07) is 16.2. The molecule has 0 bridgehead atoms. The average molecular weight is 1050 g/mol. The summed E-state index contributed by atoms with van der Waals surface area (Å²) in [5.41, 5.74) is 10.1. The molecule has 2 saturated heterocycles. The van der Waals surface area contributed by atoms with Crippen LogP contribution in [0.4, 0.5) is 0 Å². The Morgan fingerprint density at radius 1 is 0.795 bits per heavy atom. The summed E-state index contributed by atoms with van der Waals surface area (Å²) in [6.45, 7) is 9.60. The second-order valence-electron chi connectivity index (χ2n) is 19.4. The highest BCUT2D eigenvalue weighted by atomic mass is 32.1. The molecule has 3 aromatic carbocycles. The van der Waals surface area contributed by atoms with Gasteiger partial charge in [0.05, 0.1) is 50.9 Å². The lowest BCUT2D eigenvalue weighted by Crippen LogP contribution is -2.57. The van der Waals surface area contributed by atoms with Crippen molar-refractivity contribution >= 4 is 70.7 Å². The largest absolute Gasteiger partial charge is 0.488 e. The number of amides is 6. The SMILES string of the molecule is Cc1ncsc1-c1ccc(CNC(=O)[C@@H]2C[C@@H](Oc3ccc4c(c3)C(=O)N([C@@H](CS)C(=O)N3C[C@H](O)C[C@H]3C(=O)NCc3ccc(-c5scnc5C)cc3)C4)CN2C(=O)[C@@H](NC(=O)CCC(C)C)[C@H](C)O)cc1. The molecule has 7 atom stereocenters. The van der Waals surface area contributed by atoms with Crippen LogP contribution in [0, 0.1) is 19.8 Å². The number of nitrogens with one attached hydrogen (secondary N) is 3. The van der Waals surface area contributed by atoms with Gasteiger partial charge in [-0.05, 0) is 73.1 Å². The predicted molar refractivity (Wildman–Crippen MR) is 281 cm³/mol. The zero-order valence-electron chi connectivity index (χ0n) is 41.4. The summed E-state index contributed by atoms with van der Waals surface area (Å²) in [6.07, 6.45) is -2.10. The number of benzene rings is 3.